The standard InChI is InChI=1S/C5H9NO2S/c1-9-2-4(5(7)8)6-3-9/h4,6H,2-3H2,1H3/t4-,9?/m0/s1. The number of aliphatic carboxylic acids is 1. The third-order valence-electron chi connectivity index (χ3n) is 1.31. The molecule has 1 fully saturated rings. The monoisotopic (exact) mass is 147 g/mol. The zero-order valence-electron chi connectivity index (χ0n) is 5.22. The third kappa shape index (κ3) is 1.59. The topological polar surface area (TPSA) is 52.2 Å². The highest BCUT2D eigenvalue weighted by atomic mass is 32.2. The van der Waals surface area contributed by atoms with Crippen molar-refractivity contribution in [1.29, 1.82) is 0 Å². The summed E-state index contributed by atoms with van der Waals surface area (Å²) in [5, 5.41) is 13.0. The van der Waals surface area contributed by atoms with Crippen LogP contribution in [0.15, 0.2) is 0 Å². The molecule has 0 aromatic heterocycles. The summed E-state index contributed by atoms with van der Waals surface area (Å²) in [6, 6.07) is -0.390. The predicted octanol–water partition coefficient (Wildman–Crippen LogP) is -2.09. The summed E-state index contributed by atoms with van der Waals surface area (Å²) in [6.45, 7) is 0. The Morgan fingerprint density at radius 3 is 2.78 bits per heavy atom. The van der Waals surface area contributed by atoms with E-state index in [0.29, 0.717) is 0 Å². The Morgan fingerprint density at radius 1 is 1.89 bits per heavy atom. The van der Waals surface area contributed by atoms with Gasteiger partial charge in [0, 0.05) is 10.9 Å². The molecule has 0 radical (unpaired) electrons. The van der Waals surface area contributed by atoms with Gasteiger partial charge in [0.2, 0.25) is 0 Å². The van der Waals surface area contributed by atoms with Crippen LogP contribution in [-0.2, 0) is 15.7 Å². The summed E-state index contributed by atoms with van der Waals surface area (Å²) < 4.78 is 0. The summed E-state index contributed by atoms with van der Waals surface area (Å²) in [6.07, 6.45) is 2.05. The normalized spacial score (nSPS) is 34.8. The fourth-order valence-electron chi connectivity index (χ4n) is 0.797. The molecule has 3 nitrogen and oxygen atoms in total. The van der Waals surface area contributed by atoms with Gasteiger partial charge in [-0.25, -0.2) is 0 Å². The number of nitrogens with one attached hydrogen (secondary N) is 1. The minimum absolute atomic E-state index is 0.245. The van der Waals surface area contributed by atoms with Crippen LogP contribution < -0.4 is 10.4 Å². The molecule has 1 aliphatic rings. The second-order valence-corrected chi connectivity index (χ2v) is 4.35. The van der Waals surface area contributed by atoms with Crippen LogP contribution in [0.4, 0.5) is 0 Å². The summed E-state index contributed by atoms with van der Waals surface area (Å²) >= 11 is 0. The first kappa shape index (κ1) is 6.89. The van der Waals surface area contributed by atoms with E-state index in [9.17, 15) is 9.90 Å². The maximum absolute atomic E-state index is 10.2. The number of carbonyl (C=O) groups excluding carboxylic acids is 1. The molecule has 1 unspecified atom stereocenters. The van der Waals surface area contributed by atoms with E-state index in [4.69, 9.17) is 0 Å². The van der Waals surface area contributed by atoms with Crippen molar-refractivity contribution in [2.75, 3.05) is 17.9 Å². The van der Waals surface area contributed by atoms with Gasteiger partial charge in [0.15, 0.2) is 5.88 Å². The van der Waals surface area contributed by atoms with Crippen molar-refractivity contribution in [2.45, 2.75) is 6.04 Å². The molecule has 0 bridgehead atoms. The van der Waals surface area contributed by atoms with E-state index >= 15 is 0 Å². The van der Waals surface area contributed by atoms with Crippen LogP contribution in [0.1, 0.15) is 0 Å². The summed E-state index contributed by atoms with van der Waals surface area (Å²) in [7, 11) is 0.245. The van der Waals surface area contributed by atoms with Gasteiger partial charge in [0.25, 0.3) is 0 Å². The molecule has 2 atom stereocenters. The predicted molar refractivity (Wildman–Crippen MR) is 35.0 cm³/mol. The molecule has 0 aliphatic carbocycles. The number of hydrogen-bond acceptors (Lipinski definition) is 3. The Morgan fingerprint density at radius 2 is 2.56 bits per heavy atom. The van der Waals surface area contributed by atoms with Gasteiger partial charge in [0.05, 0.1) is 18.3 Å². The molecule has 0 amide bonds. The van der Waals surface area contributed by atoms with Gasteiger partial charge in [-0.15, -0.1) is 0 Å². The Kier molecular flexibility index (Phi) is 1.97. The average molecular weight is 147 g/mol. The Balaban J connectivity index is 2.39. The fourth-order valence-corrected chi connectivity index (χ4v) is 2.22. The van der Waals surface area contributed by atoms with Crippen molar-refractivity contribution >= 4 is 16.9 Å². The van der Waals surface area contributed by atoms with Crippen molar-refractivity contribution in [2.24, 2.45) is 0 Å². The van der Waals surface area contributed by atoms with Gasteiger partial charge in [0.1, 0.15) is 5.75 Å². The van der Waals surface area contributed by atoms with E-state index in [1.54, 1.807) is 0 Å². The lowest BCUT2D eigenvalue weighted by molar-refractivity contribution is -0.307. The minimum atomic E-state index is -0.966. The highest BCUT2D eigenvalue weighted by molar-refractivity contribution is 7.96. The summed E-state index contributed by atoms with van der Waals surface area (Å²) in [5.41, 5.74) is 0. The lowest BCUT2D eigenvalue weighted by Gasteiger charge is -2.04. The minimum Gasteiger partial charge on any atom is -0.548 e. The third-order valence-corrected chi connectivity index (χ3v) is 2.87. The van der Waals surface area contributed by atoms with Gasteiger partial charge >= 0.3 is 0 Å². The molecule has 0 aromatic carbocycles. The largest absolute Gasteiger partial charge is 0.548 e. The molecule has 0 spiro atoms. The number of hydrogen-bond donors (Lipinski definition) is 1. The summed E-state index contributed by atoms with van der Waals surface area (Å²) in [5.74, 6) is 0.605. The van der Waals surface area contributed by atoms with Crippen LogP contribution in [0.25, 0.3) is 0 Å². The molecule has 4 heteroatoms. The zero-order chi connectivity index (χ0) is 6.85. The molecule has 0 saturated carbocycles. The van der Waals surface area contributed by atoms with E-state index < -0.39 is 12.0 Å². The van der Waals surface area contributed by atoms with E-state index in [-0.39, 0.29) is 10.9 Å². The van der Waals surface area contributed by atoms with Crippen LogP contribution in [0.5, 0.6) is 0 Å². The lowest BCUT2D eigenvalue weighted by atomic mass is 10.4. The van der Waals surface area contributed by atoms with E-state index in [0.717, 1.165) is 11.6 Å². The van der Waals surface area contributed by atoms with Gasteiger partial charge in [-0.2, -0.15) is 0 Å². The molecule has 0 aromatic rings. The van der Waals surface area contributed by atoms with E-state index in [1.165, 1.54) is 0 Å². The van der Waals surface area contributed by atoms with Crippen molar-refractivity contribution < 1.29 is 9.90 Å². The average Bonchev–Trinajstić information content (AvgIpc) is 2.14. The lowest BCUT2D eigenvalue weighted by Crippen LogP contribution is -2.43. The van der Waals surface area contributed by atoms with Crippen LogP contribution in [0.2, 0.25) is 0 Å². The van der Waals surface area contributed by atoms with Gasteiger partial charge < -0.3 is 9.90 Å². The van der Waals surface area contributed by atoms with Gasteiger partial charge in [-0.3, -0.25) is 5.32 Å². The van der Waals surface area contributed by atoms with Crippen LogP contribution in [0.3, 0.4) is 0 Å². The molecule has 1 saturated heterocycles. The van der Waals surface area contributed by atoms with Gasteiger partial charge in [-0.1, -0.05) is 0 Å². The second-order valence-electron chi connectivity index (χ2n) is 2.17. The number of carboxylic acid groups (broad SMARTS) is 1. The van der Waals surface area contributed by atoms with Crippen molar-refractivity contribution in [3.8, 4) is 0 Å². The first-order valence-corrected chi connectivity index (χ1v) is 4.70. The summed E-state index contributed by atoms with van der Waals surface area (Å²) in [4.78, 5) is 10.2. The van der Waals surface area contributed by atoms with E-state index in [2.05, 4.69) is 11.6 Å². The van der Waals surface area contributed by atoms with Crippen LogP contribution in [-0.4, -0.2) is 29.9 Å². The van der Waals surface area contributed by atoms with Gasteiger partial charge in [-0.05, 0) is 0 Å². The Labute approximate surface area is 56.8 Å². The number of rotatable bonds is 1. The Bertz CT molecular complexity index is 128. The van der Waals surface area contributed by atoms with E-state index in [1.807, 2.05) is 0 Å². The van der Waals surface area contributed by atoms with Crippen molar-refractivity contribution in [3.63, 3.8) is 0 Å². The molecule has 1 N–H and O–H groups in total. The molecule has 1 heterocycles. The zero-order valence-corrected chi connectivity index (χ0v) is 6.03. The van der Waals surface area contributed by atoms with Crippen molar-refractivity contribution in [1.82, 2.24) is 5.32 Å². The first-order chi connectivity index (χ1) is 4.20. The highest BCUT2D eigenvalue weighted by Gasteiger charge is 2.28. The fraction of sp³-hybridized carbons (Fsp3) is 0.800. The highest BCUT2D eigenvalue weighted by Crippen LogP contribution is 2.01. The molecule has 1 aliphatic heterocycles. The molecule has 52 valence electrons. The number of carbonyl (C=O) groups is 1. The quantitative estimate of drug-likeness (QED) is 0.433. The molecule has 1 rings (SSSR count). The number of carboxylic acids is 1. The maximum Gasteiger partial charge on any atom is 0.160 e. The van der Waals surface area contributed by atoms with Crippen molar-refractivity contribution in [3.05, 3.63) is 0 Å². The maximum atomic E-state index is 10.2. The Hall–Kier alpha value is -0.220. The van der Waals surface area contributed by atoms with Crippen LogP contribution in [0, 0.1) is 0 Å². The SMILES string of the molecule is C[S+]1CN[C@H](C(=O)[O-])C1. The molecule has 9 heavy (non-hydrogen) atoms. The smallest absolute Gasteiger partial charge is 0.160 e. The second kappa shape index (κ2) is 2.58. The molecular weight excluding hydrogens is 138 g/mol. The van der Waals surface area contributed by atoms with Crippen LogP contribution >= 0.6 is 0 Å². The first-order valence-electron chi connectivity index (χ1n) is 2.73. The molecular formula is C5H9NO2S.